The van der Waals surface area contributed by atoms with Gasteiger partial charge in [0.15, 0.2) is 6.61 Å². The summed E-state index contributed by atoms with van der Waals surface area (Å²) in [6.07, 6.45) is 1.37. The average Bonchev–Trinajstić information content (AvgIpc) is 2.55. The first-order valence-corrected chi connectivity index (χ1v) is 7.09. The number of rotatable bonds is 4. The molecule has 0 atom stereocenters. The number of ether oxygens (including phenoxy) is 1. The number of halogens is 2. The van der Waals surface area contributed by atoms with E-state index in [4.69, 9.17) is 16.3 Å². The van der Waals surface area contributed by atoms with Gasteiger partial charge in [-0.2, -0.15) is 0 Å². The lowest BCUT2D eigenvalue weighted by Crippen LogP contribution is -2.20. The Kier molecular flexibility index (Phi) is 4.34. The molecular weight excluding hydrogens is 321 g/mol. The molecule has 1 amide bonds. The highest BCUT2D eigenvalue weighted by atomic mass is 35.5. The number of amides is 1. The maximum Gasteiger partial charge on any atom is 0.262 e. The Morgan fingerprint density at radius 1 is 1.22 bits per heavy atom. The van der Waals surface area contributed by atoms with Gasteiger partial charge in [0.1, 0.15) is 12.1 Å². The molecule has 0 saturated heterocycles. The van der Waals surface area contributed by atoms with Gasteiger partial charge in [-0.1, -0.05) is 23.7 Å². The normalized spacial score (nSPS) is 10.5. The van der Waals surface area contributed by atoms with Crippen molar-refractivity contribution in [2.45, 2.75) is 0 Å². The van der Waals surface area contributed by atoms with E-state index in [2.05, 4.69) is 15.3 Å². The minimum absolute atomic E-state index is 0.117. The predicted molar refractivity (Wildman–Crippen MR) is 85.1 cm³/mol. The Morgan fingerprint density at radius 2 is 2.04 bits per heavy atom. The third-order valence-electron chi connectivity index (χ3n) is 3.05. The fourth-order valence-electron chi connectivity index (χ4n) is 2.01. The number of nitrogens with one attached hydrogen (secondary N) is 1. The SMILES string of the molecule is O=C(COc1ncnc2ccccc12)Nc1ccc(F)cc1Cl. The summed E-state index contributed by atoms with van der Waals surface area (Å²) in [6, 6.07) is 11.0. The zero-order valence-electron chi connectivity index (χ0n) is 11.8. The lowest BCUT2D eigenvalue weighted by Gasteiger charge is -2.09. The second kappa shape index (κ2) is 6.58. The van der Waals surface area contributed by atoms with E-state index in [0.717, 1.165) is 11.6 Å². The molecule has 0 spiro atoms. The molecule has 0 aliphatic heterocycles. The summed E-state index contributed by atoms with van der Waals surface area (Å²) in [6.45, 7) is -0.255. The van der Waals surface area contributed by atoms with Gasteiger partial charge in [0.2, 0.25) is 5.88 Å². The van der Waals surface area contributed by atoms with Crippen molar-refractivity contribution < 1.29 is 13.9 Å². The molecule has 0 aliphatic rings. The van der Waals surface area contributed by atoms with Crippen LogP contribution in [0.2, 0.25) is 5.02 Å². The Labute approximate surface area is 136 Å². The van der Waals surface area contributed by atoms with E-state index in [1.807, 2.05) is 18.2 Å². The summed E-state index contributed by atoms with van der Waals surface area (Å²) in [7, 11) is 0. The molecule has 23 heavy (non-hydrogen) atoms. The highest BCUT2D eigenvalue weighted by Gasteiger charge is 2.10. The highest BCUT2D eigenvalue weighted by Crippen LogP contribution is 2.23. The molecule has 2 aromatic carbocycles. The molecule has 0 saturated carbocycles. The summed E-state index contributed by atoms with van der Waals surface area (Å²) in [4.78, 5) is 20.1. The quantitative estimate of drug-likeness (QED) is 0.795. The number of hydrogen-bond acceptors (Lipinski definition) is 4. The van der Waals surface area contributed by atoms with Crippen molar-refractivity contribution in [3.8, 4) is 5.88 Å². The van der Waals surface area contributed by atoms with E-state index in [9.17, 15) is 9.18 Å². The molecule has 5 nitrogen and oxygen atoms in total. The van der Waals surface area contributed by atoms with Gasteiger partial charge in [0.05, 0.1) is 21.6 Å². The number of hydrogen-bond donors (Lipinski definition) is 1. The minimum atomic E-state index is -0.475. The summed E-state index contributed by atoms with van der Waals surface area (Å²) in [5.41, 5.74) is 1.04. The van der Waals surface area contributed by atoms with Crippen LogP contribution >= 0.6 is 11.6 Å². The van der Waals surface area contributed by atoms with E-state index in [1.165, 1.54) is 18.5 Å². The fourth-order valence-corrected chi connectivity index (χ4v) is 2.22. The molecular formula is C16H11ClFN3O2. The van der Waals surface area contributed by atoms with Gasteiger partial charge >= 0.3 is 0 Å². The largest absolute Gasteiger partial charge is 0.467 e. The van der Waals surface area contributed by atoms with Crippen LogP contribution in [0.4, 0.5) is 10.1 Å². The Morgan fingerprint density at radius 3 is 2.87 bits per heavy atom. The molecule has 7 heteroatoms. The topological polar surface area (TPSA) is 64.1 Å². The van der Waals surface area contributed by atoms with Gasteiger partial charge in [0, 0.05) is 0 Å². The molecule has 0 radical (unpaired) electrons. The van der Waals surface area contributed by atoms with E-state index >= 15 is 0 Å². The maximum atomic E-state index is 13.0. The first-order valence-electron chi connectivity index (χ1n) is 6.71. The number of anilines is 1. The van der Waals surface area contributed by atoms with Crippen molar-refractivity contribution in [2.24, 2.45) is 0 Å². The summed E-state index contributed by atoms with van der Waals surface area (Å²) in [5, 5.41) is 3.38. The van der Waals surface area contributed by atoms with E-state index in [1.54, 1.807) is 6.07 Å². The molecule has 0 unspecified atom stereocenters. The smallest absolute Gasteiger partial charge is 0.262 e. The molecule has 1 heterocycles. The lowest BCUT2D eigenvalue weighted by molar-refractivity contribution is -0.118. The number of carbonyl (C=O) groups excluding carboxylic acids is 1. The first kappa shape index (κ1) is 15.2. The molecule has 1 N–H and O–H groups in total. The van der Waals surface area contributed by atoms with Gasteiger partial charge in [-0.25, -0.2) is 14.4 Å². The standard InChI is InChI=1S/C16H11ClFN3O2/c17-12-7-10(18)5-6-14(12)21-15(22)8-23-16-11-3-1-2-4-13(11)19-9-20-16/h1-7,9H,8H2,(H,21,22). The average molecular weight is 332 g/mol. The van der Waals surface area contributed by atoms with Crippen molar-refractivity contribution >= 4 is 34.1 Å². The zero-order chi connectivity index (χ0) is 16.2. The van der Waals surface area contributed by atoms with Gasteiger partial charge in [-0.3, -0.25) is 4.79 Å². The van der Waals surface area contributed by atoms with Crippen LogP contribution in [0.1, 0.15) is 0 Å². The number of para-hydroxylation sites is 1. The van der Waals surface area contributed by atoms with E-state index in [-0.39, 0.29) is 11.6 Å². The van der Waals surface area contributed by atoms with Crippen LogP contribution in [0.25, 0.3) is 10.9 Å². The van der Waals surface area contributed by atoms with Crippen LogP contribution in [-0.2, 0) is 4.79 Å². The van der Waals surface area contributed by atoms with Crippen molar-refractivity contribution in [1.82, 2.24) is 9.97 Å². The number of nitrogens with zero attached hydrogens (tertiary/aromatic N) is 2. The molecule has 0 fully saturated rings. The maximum absolute atomic E-state index is 13.0. The van der Waals surface area contributed by atoms with Gasteiger partial charge in [0.25, 0.3) is 5.91 Å². The number of aromatic nitrogens is 2. The minimum Gasteiger partial charge on any atom is -0.467 e. The zero-order valence-corrected chi connectivity index (χ0v) is 12.5. The lowest BCUT2D eigenvalue weighted by atomic mass is 10.2. The molecule has 0 bridgehead atoms. The fraction of sp³-hybridized carbons (Fsp3) is 0.0625. The van der Waals surface area contributed by atoms with Crippen LogP contribution in [-0.4, -0.2) is 22.5 Å². The van der Waals surface area contributed by atoms with Crippen LogP contribution < -0.4 is 10.1 Å². The van der Waals surface area contributed by atoms with Crippen LogP contribution in [0.3, 0.4) is 0 Å². The van der Waals surface area contributed by atoms with Crippen LogP contribution in [0, 0.1) is 5.82 Å². The van der Waals surface area contributed by atoms with Crippen LogP contribution in [0.5, 0.6) is 5.88 Å². The summed E-state index contributed by atoms with van der Waals surface area (Å²) in [5.74, 6) is -0.589. The van der Waals surface area contributed by atoms with Crippen molar-refractivity contribution in [1.29, 1.82) is 0 Å². The Bertz CT molecular complexity index is 868. The first-order chi connectivity index (χ1) is 11.1. The van der Waals surface area contributed by atoms with E-state index in [0.29, 0.717) is 17.0 Å². The number of fused-ring (bicyclic) bond motifs is 1. The predicted octanol–water partition coefficient (Wildman–Crippen LogP) is 3.44. The molecule has 1 aromatic heterocycles. The second-order valence-corrected chi connectivity index (χ2v) is 5.06. The molecule has 0 aliphatic carbocycles. The Balaban J connectivity index is 1.69. The third-order valence-corrected chi connectivity index (χ3v) is 3.36. The second-order valence-electron chi connectivity index (χ2n) is 4.66. The summed E-state index contributed by atoms with van der Waals surface area (Å²) < 4.78 is 18.4. The molecule has 3 aromatic rings. The van der Waals surface area contributed by atoms with E-state index < -0.39 is 11.7 Å². The third kappa shape index (κ3) is 3.54. The molecule has 3 rings (SSSR count). The van der Waals surface area contributed by atoms with Crippen LogP contribution in [0.15, 0.2) is 48.8 Å². The van der Waals surface area contributed by atoms with Gasteiger partial charge < -0.3 is 10.1 Å². The number of carbonyl (C=O) groups is 1. The Hall–Kier alpha value is -2.73. The number of benzene rings is 2. The highest BCUT2D eigenvalue weighted by molar-refractivity contribution is 6.33. The molecule has 116 valence electrons. The van der Waals surface area contributed by atoms with Crippen molar-refractivity contribution in [3.05, 3.63) is 59.6 Å². The van der Waals surface area contributed by atoms with Crippen molar-refractivity contribution in [3.63, 3.8) is 0 Å². The van der Waals surface area contributed by atoms with Gasteiger partial charge in [-0.15, -0.1) is 0 Å². The van der Waals surface area contributed by atoms with Gasteiger partial charge in [-0.05, 0) is 30.3 Å². The monoisotopic (exact) mass is 331 g/mol. The summed E-state index contributed by atoms with van der Waals surface area (Å²) >= 11 is 5.85. The van der Waals surface area contributed by atoms with Crippen molar-refractivity contribution in [2.75, 3.05) is 11.9 Å².